The number of ether oxygens (including phenoxy) is 1. The van der Waals surface area contributed by atoms with Gasteiger partial charge in [-0.2, -0.15) is 0 Å². The van der Waals surface area contributed by atoms with Crippen molar-refractivity contribution >= 4 is 24.7 Å². The summed E-state index contributed by atoms with van der Waals surface area (Å²) in [4.78, 5) is 13.4. The number of carbonyl (C=O) groups is 1. The van der Waals surface area contributed by atoms with Crippen LogP contribution in [0.2, 0.25) is 5.04 Å². The number of esters is 1. The highest BCUT2D eigenvalue weighted by atomic mass is 28.4. The normalized spacial score (nSPS) is 29.8. The first kappa shape index (κ1) is 25.6. The van der Waals surface area contributed by atoms with E-state index in [2.05, 4.69) is 69.3 Å². The number of hydrogen-bond donors (Lipinski definition) is 0. The first-order valence-corrected chi connectivity index (χ1v) is 15.1. The van der Waals surface area contributed by atoms with Crippen LogP contribution < -0.4 is 10.4 Å². The molecule has 0 heterocycles. The fourth-order valence-corrected chi connectivity index (χ4v) is 12.7. The van der Waals surface area contributed by atoms with Crippen LogP contribution >= 0.6 is 0 Å². The van der Waals surface area contributed by atoms with E-state index in [1.807, 2.05) is 12.1 Å². The molecule has 2 atom stereocenters. The third-order valence-electron chi connectivity index (χ3n) is 8.68. The highest BCUT2D eigenvalue weighted by Gasteiger charge is 2.65. The zero-order chi connectivity index (χ0) is 25.8. The average Bonchev–Trinajstić information content (AvgIpc) is 2.80. The lowest BCUT2D eigenvalue weighted by atomic mass is 9.48. The average molecular weight is 513 g/mol. The van der Waals surface area contributed by atoms with E-state index in [1.54, 1.807) is 0 Å². The first-order valence-electron chi connectivity index (χ1n) is 13.2. The van der Waals surface area contributed by atoms with Gasteiger partial charge < -0.3 is 9.16 Å². The molecular formula is C30H38F2O3Si. The topological polar surface area (TPSA) is 35.5 Å². The van der Waals surface area contributed by atoms with E-state index >= 15 is 0 Å². The first-order chi connectivity index (χ1) is 16.9. The summed E-state index contributed by atoms with van der Waals surface area (Å²) in [6, 6.07) is 21.2. The molecular weight excluding hydrogens is 474 g/mol. The van der Waals surface area contributed by atoms with Crippen molar-refractivity contribution in [1.82, 2.24) is 0 Å². The van der Waals surface area contributed by atoms with Gasteiger partial charge in [-0.25, -0.2) is 8.78 Å². The van der Waals surface area contributed by atoms with Gasteiger partial charge in [-0.15, -0.1) is 0 Å². The second-order valence-electron chi connectivity index (χ2n) is 12.8. The molecule has 194 valence electrons. The largest absolute Gasteiger partial charge is 0.459 e. The maximum Gasteiger partial charge on any atom is 0.312 e. The van der Waals surface area contributed by atoms with Gasteiger partial charge in [-0.3, -0.25) is 4.79 Å². The highest BCUT2D eigenvalue weighted by molar-refractivity contribution is 6.99. The van der Waals surface area contributed by atoms with Crippen LogP contribution in [0.3, 0.4) is 0 Å². The van der Waals surface area contributed by atoms with Crippen LogP contribution in [0.25, 0.3) is 0 Å². The summed E-state index contributed by atoms with van der Waals surface area (Å²) in [7, 11) is -2.82. The van der Waals surface area contributed by atoms with E-state index < -0.39 is 37.8 Å². The zero-order valence-electron chi connectivity index (χ0n) is 21.9. The third-order valence-corrected chi connectivity index (χ3v) is 13.8. The molecule has 6 rings (SSSR count). The van der Waals surface area contributed by atoms with Gasteiger partial charge >= 0.3 is 5.97 Å². The summed E-state index contributed by atoms with van der Waals surface area (Å²) in [5, 5.41) is 2.28. The van der Waals surface area contributed by atoms with Crippen molar-refractivity contribution in [3.05, 3.63) is 60.7 Å². The van der Waals surface area contributed by atoms with Crippen molar-refractivity contribution in [2.24, 2.45) is 17.3 Å². The summed E-state index contributed by atoms with van der Waals surface area (Å²) in [5.74, 6) is -2.76. The van der Waals surface area contributed by atoms with E-state index in [9.17, 15) is 13.6 Å². The fraction of sp³-hybridized carbons (Fsp3) is 0.567. The van der Waals surface area contributed by atoms with Crippen LogP contribution in [0.4, 0.5) is 8.78 Å². The number of hydrogen-bond acceptors (Lipinski definition) is 3. The lowest BCUT2D eigenvalue weighted by molar-refractivity contribution is -0.198. The minimum absolute atomic E-state index is 0.170. The fourth-order valence-electron chi connectivity index (χ4n) is 7.86. The third kappa shape index (κ3) is 4.45. The summed E-state index contributed by atoms with van der Waals surface area (Å²) < 4.78 is 40.1. The van der Waals surface area contributed by atoms with Crippen molar-refractivity contribution in [2.45, 2.75) is 82.8 Å². The molecule has 0 amide bonds. The van der Waals surface area contributed by atoms with Gasteiger partial charge in [0, 0.05) is 6.92 Å². The Labute approximate surface area is 214 Å². The van der Waals surface area contributed by atoms with Gasteiger partial charge in [0.25, 0.3) is 14.2 Å². The van der Waals surface area contributed by atoms with Gasteiger partial charge in [0.15, 0.2) is 6.61 Å². The number of benzene rings is 2. The number of carbonyl (C=O) groups excluding carboxylic acids is 1. The molecule has 2 unspecified atom stereocenters. The molecule has 4 bridgehead atoms. The molecule has 0 aliphatic heterocycles. The van der Waals surface area contributed by atoms with Crippen LogP contribution in [0.1, 0.15) is 66.2 Å². The molecule has 0 radical (unpaired) electrons. The van der Waals surface area contributed by atoms with E-state index in [0.29, 0.717) is 18.3 Å². The highest BCUT2D eigenvalue weighted by Crippen LogP contribution is 2.64. The Morgan fingerprint density at radius 1 is 0.889 bits per heavy atom. The SMILES string of the molecule is CC(F)(F)COC(=O)C12CC3CC(CC(O[Si](c4ccccc4)(c4ccccc4)C(C)(C)C)(C3)C1)C2. The Hall–Kier alpha value is -2.05. The van der Waals surface area contributed by atoms with Gasteiger partial charge in [0.05, 0.1) is 11.0 Å². The standard InChI is InChI=1S/C30H38F2O3Si/c1-27(2,3)36(24-11-7-5-8-12-24,25-13-9-6-10-14-25)35-30-18-22-15-23(19-30)17-29(16-22,20-30)26(33)34-21-28(4,31)32/h5-14,22-23H,15-21H2,1-4H3. The molecule has 6 heteroatoms. The van der Waals surface area contributed by atoms with E-state index in [4.69, 9.17) is 9.16 Å². The summed E-state index contributed by atoms with van der Waals surface area (Å²) >= 11 is 0. The van der Waals surface area contributed by atoms with Crippen molar-refractivity contribution in [3.63, 3.8) is 0 Å². The predicted octanol–water partition coefficient (Wildman–Crippen LogP) is 6.10. The summed E-state index contributed by atoms with van der Waals surface area (Å²) in [5.41, 5.74) is -1.18. The smallest absolute Gasteiger partial charge is 0.312 e. The van der Waals surface area contributed by atoms with E-state index in [0.717, 1.165) is 39.0 Å². The van der Waals surface area contributed by atoms with Gasteiger partial charge in [0.1, 0.15) is 0 Å². The van der Waals surface area contributed by atoms with E-state index in [1.165, 1.54) is 10.4 Å². The molecule has 2 aromatic carbocycles. The summed E-state index contributed by atoms with van der Waals surface area (Å²) in [6.07, 6.45) is 4.95. The lowest BCUT2D eigenvalue weighted by Gasteiger charge is -2.63. The quantitative estimate of drug-likeness (QED) is 0.332. The monoisotopic (exact) mass is 512 g/mol. The number of alkyl halides is 2. The Kier molecular flexibility index (Phi) is 6.23. The molecule has 0 saturated heterocycles. The second kappa shape index (κ2) is 8.76. The molecule has 4 fully saturated rings. The van der Waals surface area contributed by atoms with Gasteiger partial charge in [0.2, 0.25) is 0 Å². The Morgan fingerprint density at radius 2 is 1.39 bits per heavy atom. The van der Waals surface area contributed by atoms with Crippen molar-refractivity contribution in [1.29, 1.82) is 0 Å². The molecule has 3 nitrogen and oxygen atoms in total. The molecule has 4 saturated carbocycles. The van der Waals surface area contributed by atoms with Crippen LogP contribution in [-0.2, 0) is 14.0 Å². The molecule has 4 aliphatic carbocycles. The molecule has 2 aromatic rings. The zero-order valence-corrected chi connectivity index (χ0v) is 22.9. The molecule has 36 heavy (non-hydrogen) atoms. The predicted molar refractivity (Wildman–Crippen MR) is 140 cm³/mol. The maximum atomic E-state index is 13.6. The van der Waals surface area contributed by atoms with Crippen molar-refractivity contribution in [2.75, 3.05) is 6.61 Å². The van der Waals surface area contributed by atoms with Crippen molar-refractivity contribution < 1.29 is 22.7 Å². The van der Waals surface area contributed by atoms with Crippen molar-refractivity contribution in [3.8, 4) is 0 Å². The molecule has 0 N–H and O–H groups in total. The molecule has 4 aliphatic rings. The second-order valence-corrected chi connectivity index (χ2v) is 17.1. The van der Waals surface area contributed by atoms with Crippen LogP contribution in [-0.4, -0.2) is 32.4 Å². The van der Waals surface area contributed by atoms with Gasteiger partial charge in [-0.1, -0.05) is 81.4 Å². The Morgan fingerprint density at radius 3 is 1.83 bits per heavy atom. The Balaban J connectivity index is 1.58. The number of halogens is 2. The lowest BCUT2D eigenvalue weighted by Crippen LogP contribution is -2.72. The number of rotatable bonds is 7. The minimum Gasteiger partial charge on any atom is -0.459 e. The maximum absolute atomic E-state index is 13.6. The van der Waals surface area contributed by atoms with Crippen LogP contribution in [0.15, 0.2) is 60.7 Å². The van der Waals surface area contributed by atoms with Crippen LogP contribution in [0.5, 0.6) is 0 Å². The van der Waals surface area contributed by atoms with Crippen LogP contribution in [0, 0.1) is 17.3 Å². The molecule has 0 spiro atoms. The minimum atomic E-state index is -3.03. The Bertz CT molecular complexity index is 1040. The van der Waals surface area contributed by atoms with E-state index in [-0.39, 0.29) is 5.04 Å². The summed E-state index contributed by atoms with van der Waals surface area (Å²) in [6.45, 7) is 6.76. The molecule has 0 aromatic heterocycles. The van der Waals surface area contributed by atoms with Gasteiger partial charge in [-0.05, 0) is 65.8 Å².